The van der Waals surface area contributed by atoms with Gasteiger partial charge in [0.2, 0.25) is 11.8 Å². The molecule has 160 valence electrons. The molecule has 0 saturated carbocycles. The summed E-state index contributed by atoms with van der Waals surface area (Å²) < 4.78 is 0. The maximum atomic E-state index is 12.4. The van der Waals surface area contributed by atoms with Crippen LogP contribution in [0.4, 0.5) is 17.1 Å². The quantitative estimate of drug-likeness (QED) is 0.352. The molecule has 4 rings (SSSR count). The van der Waals surface area contributed by atoms with E-state index in [9.17, 15) is 9.59 Å². The van der Waals surface area contributed by atoms with Crippen molar-refractivity contribution in [2.75, 3.05) is 22.5 Å². The van der Waals surface area contributed by atoms with Crippen LogP contribution in [0.25, 0.3) is 10.8 Å². The molecule has 4 aromatic rings. The van der Waals surface area contributed by atoms with Crippen molar-refractivity contribution in [3.8, 4) is 0 Å². The zero-order valence-electron chi connectivity index (χ0n) is 17.7. The fourth-order valence-corrected chi connectivity index (χ4v) is 3.49. The molecule has 4 aromatic carbocycles. The van der Waals surface area contributed by atoms with Crippen LogP contribution in [-0.2, 0) is 16.0 Å². The zero-order chi connectivity index (χ0) is 22.2. The monoisotopic (exact) mass is 423 g/mol. The van der Waals surface area contributed by atoms with Crippen molar-refractivity contribution in [2.45, 2.75) is 12.8 Å². The molecule has 0 fully saturated rings. The van der Waals surface area contributed by atoms with Gasteiger partial charge in [-0.2, -0.15) is 0 Å². The van der Waals surface area contributed by atoms with E-state index in [4.69, 9.17) is 0 Å². The molecule has 0 aliphatic carbocycles. The molecule has 32 heavy (non-hydrogen) atoms. The first-order chi connectivity index (χ1) is 15.7. The van der Waals surface area contributed by atoms with Crippen LogP contribution in [0.3, 0.4) is 0 Å². The van der Waals surface area contributed by atoms with E-state index < -0.39 is 0 Å². The number of carbonyl (C=O) groups excluding carboxylic acids is 2. The van der Waals surface area contributed by atoms with E-state index in [0.717, 1.165) is 22.0 Å². The van der Waals surface area contributed by atoms with Gasteiger partial charge in [-0.1, -0.05) is 66.7 Å². The van der Waals surface area contributed by atoms with Gasteiger partial charge >= 0.3 is 0 Å². The number of anilines is 3. The molecule has 0 heterocycles. The van der Waals surface area contributed by atoms with Gasteiger partial charge in [-0.05, 0) is 53.1 Å². The molecule has 0 aliphatic heterocycles. The highest BCUT2D eigenvalue weighted by atomic mass is 16.2. The lowest BCUT2D eigenvalue weighted by molar-refractivity contribution is -0.116. The summed E-state index contributed by atoms with van der Waals surface area (Å²) in [6, 6.07) is 31.2. The van der Waals surface area contributed by atoms with Crippen LogP contribution >= 0.6 is 0 Å². The van der Waals surface area contributed by atoms with Crippen molar-refractivity contribution < 1.29 is 9.59 Å². The van der Waals surface area contributed by atoms with Gasteiger partial charge in [-0.3, -0.25) is 9.59 Å². The molecule has 5 heteroatoms. The van der Waals surface area contributed by atoms with Crippen LogP contribution in [0.15, 0.2) is 97.1 Å². The second kappa shape index (κ2) is 10.3. The number of fused-ring (bicyclic) bond motifs is 1. The van der Waals surface area contributed by atoms with E-state index in [0.29, 0.717) is 24.2 Å². The Labute approximate surface area is 187 Å². The molecular weight excluding hydrogens is 398 g/mol. The summed E-state index contributed by atoms with van der Waals surface area (Å²) in [5.41, 5.74) is 3.31. The molecule has 0 bridgehead atoms. The Morgan fingerprint density at radius 3 is 2.06 bits per heavy atom. The molecule has 2 amide bonds. The minimum absolute atomic E-state index is 0.0599. The topological polar surface area (TPSA) is 70.2 Å². The summed E-state index contributed by atoms with van der Waals surface area (Å²) in [6.07, 6.45) is 1.08. The average molecular weight is 424 g/mol. The number of amides is 2. The Bertz CT molecular complexity index is 1220. The summed E-state index contributed by atoms with van der Waals surface area (Å²) in [7, 11) is 0. The molecule has 0 atom stereocenters. The molecular formula is C27H25N3O2. The molecule has 3 N–H and O–H groups in total. The fraction of sp³-hybridized carbons (Fsp3) is 0.111. The lowest BCUT2D eigenvalue weighted by Gasteiger charge is -2.10. The van der Waals surface area contributed by atoms with Crippen molar-refractivity contribution >= 4 is 39.6 Å². The first-order valence-corrected chi connectivity index (χ1v) is 10.6. The largest absolute Gasteiger partial charge is 0.376 e. The van der Waals surface area contributed by atoms with Crippen molar-refractivity contribution in [1.29, 1.82) is 0 Å². The van der Waals surface area contributed by atoms with Gasteiger partial charge in [-0.15, -0.1) is 0 Å². The molecule has 5 nitrogen and oxygen atoms in total. The van der Waals surface area contributed by atoms with Crippen molar-refractivity contribution in [2.24, 2.45) is 0 Å². The predicted octanol–water partition coefficient (Wildman–Crippen LogP) is 5.46. The van der Waals surface area contributed by atoms with E-state index in [2.05, 4.69) is 22.0 Å². The van der Waals surface area contributed by atoms with Crippen LogP contribution in [0, 0.1) is 0 Å². The van der Waals surface area contributed by atoms with Gasteiger partial charge in [0, 0.05) is 23.5 Å². The van der Waals surface area contributed by atoms with Gasteiger partial charge in [0.05, 0.1) is 6.54 Å². The number of carbonyl (C=O) groups is 2. The molecule has 0 unspecified atom stereocenters. The SMILES string of the molecule is O=C(CCc1ccccc1)Nc1cccc(NC(=O)CNc2ccc3ccccc3c2)c1. The smallest absolute Gasteiger partial charge is 0.243 e. The third-order valence-electron chi connectivity index (χ3n) is 5.12. The summed E-state index contributed by atoms with van der Waals surface area (Å²) in [5.74, 6) is -0.221. The highest BCUT2D eigenvalue weighted by Crippen LogP contribution is 2.19. The normalized spacial score (nSPS) is 10.5. The zero-order valence-corrected chi connectivity index (χ0v) is 17.7. The molecule has 0 aromatic heterocycles. The van der Waals surface area contributed by atoms with Gasteiger partial charge < -0.3 is 16.0 Å². The third-order valence-corrected chi connectivity index (χ3v) is 5.12. The first kappa shape index (κ1) is 21.1. The van der Waals surface area contributed by atoms with E-state index in [1.807, 2.05) is 72.8 Å². The van der Waals surface area contributed by atoms with Gasteiger partial charge in [0.15, 0.2) is 0 Å². The van der Waals surface area contributed by atoms with Crippen LogP contribution in [0.5, 0.6) is 0 Å². The van der Waals surface area contributed by atoms with Crippen LogP contribution in [-0.4, -0.2) is 18.4 Å². The summed E-state index contributed by atoms with van der Waals surface area (Å²) in [5, 5.41) is 11.2. The van der Waals surface area contributed by atoms with Crippen molar-refractivity contribution in [3.05, 3.63) is 103 Å². The molecule has 0 radical (unpaired) electrons. The Hall–Kier alpha value is -4.12. The van der Waals surface area contributed by atoms with E-state index in [1.165, 1.54) is 0 Å². The average Bonchev–Trinajstić information content (AvgIpc) is 2.82. The minimum Gasteiger partial charge on any atom is -0.376 e. The number of hydrogen-bond donors (Lipinski definition) is 3. The van der Waals surface area contributed by atoms with E-state index >= 15 is 0 Å². The maximum absolute atomic E-state index is 12.4. The summed E-state index contributed by atoms with van der Waals surface area (Å²) >= 11 is 0. The second-order valence-electron chi connectivity index (χ2n) is 7.58. The Morgan fingerprint density at radius 2 is 1.28 bits per heavy atom. The van der Waals surface area contributed by atoms with E-state index in [-0.39, 0.29) is 18.4 Å². The lowest BCUT2D eigenvalue weighted by Crippen LogP contribution is -2.21. The summed E-state index contributed by atoms with van der Waals surface area (Å²) in [6.45, 7) is 0.145. The lowest BCUT2D eigenvalue weighted by atomic mass is 10.1. The van der Waals surface area contributed by atoms with Gasteiger partial charge in [-0.25, -0.2) is 0 Å². The van der Waals surface area contributed by atoms with Gasteiger partial charge in [0.25, 0.3) is 0 Å². The summed E-state index contributed by atoms with van der Waals surface area (Å²) in [4.78, 5) is 24.6. The predicted molar refractivity (Wildman–Crippen MR) is 131 cm³/mol. The Kier molecular flexibility index (Phi) is 6.78. The third kappa shape index (κ3) is 5.95. The highest BCUT2D eigenvalue weighted by Gasteiger charge is 2.06. The fourth-order valence-electron chi connectivity index (χ4n) is 3.49. The standard InChI is InChI=1S/C27H25N3O2/c31-26(16-13-20-7-2-1-3-8-20)29-24-11-6-12-25(18-24)30-27(32)19-28-23-15-14-21-9-4-5-10-22(21)17-23/h1-12,14-15,17-18,28H,13,16,19H2,(H,29,31)(H,30,32). The first-order valence-electron chi connectivity index (χ1n) is 10.6. The Balaban J connectivity index is 1.27. The second-order valence-corrected chi connectivity index (χ2v) is 7.58. The van der Waals surface area contributed by atoms with Gasteiger partial charge in [0.1, 0.15) is 0 Å². The van der Waals surface area contributed by atoms with E-state index in [1.54, 1.807) is 18.2 Å². The number of benzene rings is 4. The number of hydrogen-bond acceptors (Lipinski definition) is 3. The minimum atomic E-state index is -0.161. The molecule has 0 saturated heterocycles. The number of aryl methyl sites for hydroxylation is 1. The molecule has 0 spiro atoms. The van der Waals surface area contributed by atoms with Crippen LogP contribution in [0.2, 0.25) is 0 Å². The maximum Gasteiger partial charge on any atom is 0.243 e. The van der Waals surface area contributed by atoms with Crippen molar-refractivity contribution in [3.63, 3.8) is 0 Å². The Morgan fingerprint density at radius 1 is 0.594 bits per heavy atom. The highest BCUT2D eigenvalue weighted by molar-refractivity contribution is 5.96. The molecule has 0 aliphatic rings. The van der Waals surface area contributed by atoms with Crippen molar-refractivity contribution in [1.82, 2.24) is 0 Å². The number of rotatable bonds is 8. The number of nitrogens with one attached hydrogen (secondary N) is 3. The van der Waals surface area contributed by atoms with Crippen LogP contribution in [0.1, 0.15) is 12.0 Å². The van der Waals surface area contributed by atoms with Crippen LogP contribution < -0.4 is 16.0 Å².